The lowest BCUT2D eigenvalue weighted by molar-refractivity contribution is 0.0896. The molecule has 134 valence electrons. The van der Waals surface area contributed by atoms with Crippen LogP contribution in [0.3, 0.4) is 0 Å². The topological polar surface area (TPSA) is 75.4 Å². The number of hydrogen-bond donors (Lipinski definition) is 2. The van der Waals surface area contributed by atoms with E-state index in [0.717, 1.165) is 18.4 Å². The number of nitrogens with one attached hydrogen (secondary N) is 1. The summed E-state index contributed by atoms with van der Waals surface area (Å²) in [6.45, 7) is 6.30. The fraction of sp³-hybridized carbons (Fsp3) is 0.500. The van der Waals surface area contributed by atoms with Crippen molar-refractivity contribution in [1.82, 2.24) is 10.3 Å². The molecule has 0 aliphatic heterocycles. The van der Waals surface area contributed by atoms with Crippen LogP contribution in [0.25, 0.3) is 11.5 Å². The first-order valence-corrected chi connectivity index (χ1v) is 8.88. The average molecular weight is 342 g/mol. The van der Waals surface area contributed by atoms with Gasteiger partial charge in [-0.1, -0.05) is 32.0 Å². The van der Waals surface area contributed by atoms with Crippen LogP contribution in [0.2, 0.25) is 0 Å². The summed E-state index contributed by atoms with van der Waals surface area (Å²) in [4.78, 5) is 17.2. The van der Waals surface area contributed by atoms with Gasteiger partial charge in [0.25, 0.3) is 5.91 Å². The van der Waals surface area contributed by atoms with Crippen molar-refractivity contribution in [3.8, 4) is 11.5 Å². The van der Waals surface area contributed by atoms with Crippen LogP contribution in [0.15, 0.2) is 34.7 Å². The summed E-state index contributed by atoms with van der Waals surface area (Å²) in [7, 11) is 0. The summed E-state index contributed by atoms with van der Waals surface area (Å²) >= 11 is 0. The lowest BCUT2D eigenvalue weighted by Crippen LogP contribution is -2.36. The minimum atomic E-state index is -0.398. The molecule has 1 aliphatic rings. The zero-order valence-electron chi connectivity index (χ0n) is 15.1. The molecule has 1 heterocycles. The number of aliphatic hydroxyl groups is 1. The van der Waals surface area contributed by atoms with Crippen molar-refractivity contribution >= 4 is 5.91 Å². The van der Waals surface area contributed by atoms with E-state index in [1.54, 1.807) is 6.92 Å². The maximum Gasteiger partial charge on any atom is 0.273 e. The highest BCUT2D eigenvalue weighted by molar-refractivity contribution is 5.94. The van der Waals surface area contributed by atoms with Gasteiger partial charge in [0, 0.05) is 18.0 Å². The number of oxazole rings is 1. The van der Waals surface area contributed by atoms with Gasteiger partial charge in [0.05, 0.1) is 6.10 Å². The van der Waals surface area contributed by atoms with Gasteiger partial charge in [0.2, 0.25) is 5.89 Å². The fourth-order valence-electron chi connectivity index (χ4n) is 3.10. The fourth-order valence-corrected chi connectivity index (χ4v) is 3.10. The zero-order chi connectivity index (χ0) is 18.0. The number of nitrogens with zero attached hydrogens (tertiary/aromatic N) is 1. The molecule has 1 amide bonds. The van der Waals surface area contributed by atoms with Crippen LogP contribution >= 0.6 is 0 Å². The van der Waals surface area contributed by atoms with E-state index in [-0.39, 0.29) is 11.3 Å². The quantitative estimate of drug-likeness (QED) is 0.803. The van der Waals surface area contributed by atoms with E-state index in [2.05, 4.69) is 10.3 Å². The molecule has 5 nitrogen and oxygen atoms in total. The molecule has 5 heteroatoms. The summed E-state index contributed by atoms with van der Waals surface area (Å²) in [5, 5.41) is 12.5. The van der Waals surface area contributed by atoms with E-state index in [1.165, 1.54) is 0 Å². The molecule has 0 saturated heterocycles. The summed E-state index contributed by atoms with van der Waals surface area (Å²) < 4.78 is 5.93. The lowest BCUT2D eigenvalue weighted by atomic mass is 9.87. The van der Waals surface area contributed by atoms with E-state index >= 15 is 0 Å². The Balaban J connectivity index is 1.77. The van der Waals surface area contributed by atoms with Gasteiger partial charge in [-0.05, 0) is 43.7 Å². The molecule has 0 spiro atoms. The third kappa shape index (κ3) is 4.48. The molecule has 0 bridgehead atoms. The Labute approximate surface area is 148 Å². The molecule has 2 N–H and O–H groups in total. The Bertz CT molecular complexity index is 731. The average Bonchev–Trinajstić information content (AvgIpc) is 3.31. The number of aromatic nitrogens is 1. The largest absolute Gasteiger partial charge is 0.440 e. The summed E-state index contributed by atoms with van der Waals surface area (Å²) in [5.41, 5.74) is 1.09. The molecular formula is C20H26N2O3. The Morgan fingerprint density at radius 2 is 2.04 bits per heavy atom. The number of benzene rings is 1. The number of hydrogen-bond acceptors (Lipinski definition) is 4. The van der Waals surface area contributed by atoms with Crippen LogP contribution in [0.5, 0.6) is 0 Å². The highest BCUT2D eigenvalue weighted by Gasteiger charge is 2.34. The monoisotopic (exact) mass is 342 g/mol. The Hall–Kier alpha value is -2.14. The SMILES string of the molecule is CC(O)CC(C)(C)CNC(=O)c1nc(-c2ccccc2)oc1C1CC1. The molecule has 3 rings (SSSR count). The van der Waals surface area contributed by atoms with Crippen LogP contribution in [-0.2, 0) is 0 Å². The maximum absolute atomic E-state index is 12.7. The predicted octanol–water partition coefficient (Wildman–Crippen LogP) is 3.75. The molecular weight excluding hydrogens is 316 g/mol. The van der Waals surface area contributed by atoms with Crippen LogP contribution < -0.4 is 5.32 Å². The van der Waals surface area contributed by atoms with Gasteiger partial charge < -0.3 is 14.8 Å². The van der Waals surface area contributed by atoms with E-state index in [4.69, 9.17) is 4.42 Å². The van der Waals surface area contributed by atoms with Crippen molar-refractivity contribution in [3.05, 3.63) is 41.8 Å². The van der Waals surface area contributed by atoms with E-state index in [9.17, 15) is 9.90 Å². The van der Waals surface area contributed by atoms with Crippen LogP contribution in [-0.4, -0.2) is 28.6 Å². The molecule has 0 radical (unpaired) electrons. The smallest absolute Gasteiger partial charge is 0.273 e. The molecule has 1 aliphatic carbocycles. The van der Waals surface area contributed by atoms with Crippen LogP contribution in [0.4, 0.5) is 0 Å². The normalized spacial score (nSPS) is 15.8. The van der Waals surface area contributed by atoms with Crippen LogP contribution in [0.1, 0.15) is 62.2 Å². The van der Waals surface area contributed by atoms with Gasteiger partial charge >= 0.3 is 0 Å². The Kier molecular flexibility index (Phi) is 4.95. The first-order chi connectivity index (χ1) is 11.9. The number of carbonyl (C=O) groups excluding carboxylic acids is 1. The number of aliphatic hydroxyl groups excluding tert-OH is 1. The maximum atomic E-state index is 12.7. The van der Waals surface area contributed by atoms with E-state index < -0.39 is 6.10 Å². The van der Waals surface area contributed by atoms with E-state index in [1.807, 2.05) is 44.2 Å². The van der Waals surface area contributed by atoms with Gasteiger partial charge in [0.1, 0.15) is 5.76 Å². The Morgan fingerprint density at radius 1 is 1.36 bits per heavy atom. The zero-order valence-corrected chi connectivity index (χ0v) is 15.1. The number of rotatable bonds is 7. The van der Waals surface area contributed by atoms with Gasteiger partial charge in [0.15, 0.2) is 5.69 Å². The predicted molar refractivity (Wildman–Crippen MR) is 96.3 cm³/mol. The summed E-state index contributed by atoms with van der Waals surface area (Å²) in [5.74, 6) is 1.29. The molecule has 1 saturated carbocycles. The van der Waals surface area contributed by atoms with Crippen molar-refractivity contribution in [2.45, 2.75) is 52.1 Å². The molecule has 2 aromatic rings. The van der Waals surface area contributed by atoms with Crippen molar-refractivity contribution in [2.75, 3.05) is 6.54 Å². The van der Waals surface area contributed by atoms with Crippen molar-refractivity contribution in [2.24, 2.45) is 5.41 Å². The highest BCUT2D eigenvalue weighted by atomic mass is 16.4. The molecule has 25 heavy (non-hydrogen) atoms. The molecule has 1 unspecified atom stereocenters. The van der Waals surface area contributed by atoms with Gasteiger partial charge in [-0.2, -0.15) is 0 Å². The number of amides is 1. The van der Waals surface area contributed by atoms with Crippen molar-refractivity contribution < 1.29 is 14.3 Å². The third-order valence-electron chi connectivity index (χ3n) is 4.41. The first-order valence-electron chi connectivity index (χ1n) is 8.88. The van der Waals surface area contributed by atoms with Gasteiger partial charge in [-0.25, -0.2) is 4.98 Å². The van der Waals surface area contributed by atoms with Crippen molar-refractivity contribution in [1.29, 1.82) is 0 Å². The minimum absolute atomic E-state index is 0.185. The summed E-state index contributed by atoms with van der Waals surface area (Å²) in [6.07, 6.45) is 2.30. The van der Waals surface area contributed by atoms with Crippen molar-refractivity contribution in [3.63, 3.8) is 0 Å². The minimum Gasteiger partial charge on any atom is -0.440 e. The number of carbonyl (C=O) groups is 1. The molecule has 1 fully saturated rings. The van der Waals surface area contributed by atoms with Gasteiger partial charge in [-0.15, -0.1) is 0 Å². The second kappa shape index (κ2) is 7.00. The second-order valence-corrected chi connectivity index (χ2v) is 7.77. The van der Waals surface area contributed by atoms with Crippen LogP contribution in [0, 0.1) is 5.41 Å². The third-order valence-corrected chi connectivity index (χ3v) is 4.41. The molecule has 1 atom stereocenters. The summed E-state index contributed by atoms with van der Waals surface area (Å²) in [6, 6.07) is 9.64. The first kappa shape index (κ1) is 17.7. The Morgan fingerprint density at radius 3 is 2.64 bits per heavy atom. The standard InChI is InChI=1S/C20H26N2O3/c1-13(23)11-20(2,3)12-21-18(24)16-17(14-9-10-14)25-19(22-16)15-7-5-4-6-8-15/h4-8,13-14,23H,9-12H2,1-3H3,(H,21,24). The second-order valence-electron chi connectivity index (χ2n) is 7.77. The molecule has 1 aromatic carbocycles. The van der Waals surface area contributed by atoms with Gasteiger partial charge in [-0.3, -0.25) is 4.79 Å². The molecule has 1 aromatic heterocycles. The van der Waals surface area contributed by atoms with E-state index in [0.29, 0.717) is 36.2 Å². The lowest BCUT2D eigenvalue weighted by Gasteiger charge is -2.26. The highest BCUT2D eigenvalue weighted by Crippen LogP contribution is 2.43.